The van der Waals surface area contributed by atoms with Crippen LogP contribution in [0.4, 0.5) is 39.9 Å². The molecule has 0 saturated carbocycles. The minimum Gasteiger partial charge on any atom is -0.506 e. The summed E-state index contributed by atoms with van der Waals surface area (Å²) in [5.41, 5.74) is 9.64. The maximum Gasteiger partial charge on any atom is 2.00 e. The van der Waals surface area contributed by atoms with Crippen molar-refractivity contribution in [2.24, 2.45) is 0 Å². The van der Waals surface area contributed by atoms with Gasteiger partial charge >= 0.3 is 84.3 Å². The fourth-order valence-corrected chi connectivity index (χ4v) is 21.7. The van der Waals surface area contributed by atoms with Crippen LogP contribution < -0.4 is 64.7 Å². The van der Waals surface area contributed by atoms with E-state index in [0.717, 1.165) is 77.7 Å². The Kier molecular flexibility index (Phi) is 33.3. The fourth-order valence-electron chi connectivity index (χ4n) is 17.2. The molecule has 9 heterocycles. The van der Waals surface area contributed by atoms with E-state index in [0.29, 0.717) is 45.7 Å². The zero-order valence-corrected chi connectivity index (χ0v) is 86.5. The Morgan fingerprint density at radius 2 is 0.694 bits per heavy atom. The van der Waals surface area contributed by atoms with Gasteiger partial charge in [0.2, 0.25) is 0 Å². The van der Waals surface area contributed by atoms with E-state index in [9.17, 15) is 20.4 Å². The van der Waals surface area contributed by atoms with Crippen LogP contribution in [0.15, 0.2) is 487 Å². The van der Waals surface area contributed by atoms with Gasteiger partial charge in [0.15, 0.2) is 8.07 Å². The normalized spacial score (nSPS) is 12.7. The van der Waals surface area contributed by atoms with Gasteiger partial charge in [-0.05, 0) is 167 Å². The van der Waals surface area contributed by atoms with E-state index in [4.69, 9.17) is 29.3 Å². The van der Waals surface area contributed by atoms with Crippen LogP contribution in [0.2, 0.25) is 0 Å². The van der Waals surface area contributed by atoms with Gasteiger partial charge in [-0.3, -0.25) is 9.97 Å². The van der Waals surface area contributed by atoms with E-state index in [1.165, 1.54) is 10.4 Å². The van der Waals surface area contributed by atoms with Gasteiger partial charge in [-0.25, -0.2) is 9.97 Å². The molecular formula is C117H88N14O8Pt4Si. The van der Waals surface area contributed by atoms with Gasteiger partial charge in [-0.1, -0.05) is 242 Å². The first kappa shape index (κ1) is 101. The second kappa shape index (κ2) is 47.5. The number of anilines is 7. The molecule has 718 valence electrons. The van der Waals surface area contributed by atoms with Crippen LogP contribution in [0.1, 0.15) is 22.4 Å². The fraction of sp³-hybridized carbons (Fsp3) is 0.00855. The first-order chi connectivity index (χ1) is 69.0. The molecular weight excluding hydrogens is 2540 g/mol. The Bertz CT molecular complexity index is 7100. The molecule has 0 saturated heterocycles. The van der Waals surface area contributed by atoms with Gasteiger partial charge in [0.05, 0.1) is 33.9 Å². The quantitative estimate of drug-likeness (QED) is 0.0252. The summed E-state index contributed by atoms with van der Waals surface area (Å²) >= 11 is 0. The van der Waals surface area contributed by atoms with Crippen molar-refractivity contribution in [3.05, 3.63) is 560 Å². The van der Waals surface area contributed by atoms with E-state index in [2.05, 4.69) is 148 Å². The molecule has 14 aromatic carbocycles. The number of phenolic OH excluding ortho intramolecular Hbond substituents is 4. The summed E-state index contributed by atoms with van der Waals surface area (Å²) in [6, 6.07) is 148. The number of aromatic nitrogens is 5. The summed E-state index contributed by atoms with van der Waals surface area (Å²) < 4.78 is 2.09. The minimum absolute atomic E-state index is 0. The number of hydroxylamine groups is 8. The van der Waals surface area contributed by atoms with Gasteiger partial charge in [0, 0.05) is 89.1 Å². The van der Waals surface area contributed by atoms with E-state index in [-0.39, 0.29) is 107 Å². The number of para-hydroxylation sites is 10. The van der Waals surface area contributed by atoms with Crippen LogP contribution in [0, 0.1) is 50.9 Å². The van der Waals surface area contributed by atoms with E-state index < -0.39 is 13.5 Å². The Morgan fingerprint density at radius 1 is 0.299 bits per heavy atom. The Balaban J connectivity index is 0.000000137. The number of rotatable bonds is 24. The molecule has 23 rings (SSSR count). The van der Waals surface area contributed by atoms with E-state index in [1.54, 1.807) is 152 Å². The van der Waals surface area contributed by atoms with Crippen molar-refractivity contribution in [3.8, 4) is 51.8 Å². The zero-order chi connectivity index (χ0) is 94.8. The van der Waals surface area contributed by atoms with Crippen molar-refractivity contribution in [3.63, 3.8) is 0 Å². The maximum absolute atomic E-state index is 10.2. The molecule has 4 aliphatic heterocycles. The van der Waals surface area contributed by atoms with Crippen molar-refractivity contribution in [1.29, 1.82) is 0 Å². The molecule has 0 amide bonds. The third-order valence-electron chi connectivity index (χ3n) is 23.5. The summed E-state index contributed by atoms with van der Waals surface area (Å²) in [4.78, 5) is 52.5. The number of hydrogen-bond donors (Lipinski definition) is 4. The number of fused-ring (bicyclic) bond motifs is 3. The van der Waals surface area contributed by atoms with Crippen molar-refractivity contribution < 1.29 is 124 Å². The molecule has 0 aliphatic carbocycles. The zero-order valence-electron chi connectivity index (χ0n) is 76.4. The van der Waals surface area contributed by atoms with Gasteiger partial charge in [0.25, 0.3) is 0 Å². The molecule has 0 atom stereocenters. The number of pyridine rings is 4. The first-order valence-corrected chi connectivity index (χ1v) is 47.1. The van der Waals surface area contributed by atoms with Crippen molar-refractivity contribution in [2.75, 3.05) is 24.5 Å². The molecule has 27 heteroatoms. The SMILES string of the molecule is Oc1ccccc1N1C=CN(Oc2[c-]c(C(c3ccccc3)(c3ccccc3)c3ccccn3)ccc2)[CH-]1.Oc1ccccc1N1C=CN(Oc2[c-]c(N(c3ccccc3)c3ccccn3)ccc2)[CH-]1.Oc1ccccc1N1C=CN(Oc2[c-]c([Si](c3ccccc3)(c3ccccc3)c3ccccn3)ccc2)[CH-]1.Oc1ccccc1N1C=CN(Oc2[c-]c3c(cc2)c2ccccc2n3-c2ccccn2)[CH-]1.[Pt+2].[Pt+2].[Pt+2].[Pt+2]. The van der Waals surface area contributed by atoms with Crippen LogP contribution in [-0.4, -0.2) is 73.3 Å². The van der Waals surface area contributed by atoms with Crippen LogP contribution >= 0.6 is 0 Å². The number of phenols is 4. The molecule has 19 aromatic rings. The van der Waals surface area contributed by atoms with Crippen LogP contribution in [-0.2, 0) is 89.7 Å². The molecule has 0 unspecified atom stereocenters. The van der Waals surface area contributed by atoms with Gasteiger partial charge < -0.3 is 89.1 Å². The van der Waals surface area contributed by atoms with Gasteiger partial charge in [0.1, 0.15) is 34.6 Å². The molecule has 22 nitrogen and oxygen atoms in total. The standard InChI is InChI=1S/C33H25N3O2.C32H25N3O2Si.C26H18N4O2.C26H20N4O2.4Pt/c37-31-19-8-7-18-30(31)35-22-23-36(25-35)38-29-17-11-16-28(24-29)33(26-12-3-1-4-13-26,27-14-5-2-6-15-27)32-20-9-10-21-34-32;36-31-19-8-7-18-30(31)34-22-23-35(25-34)37-26-12-11-17-29(24-26)38(27-13-3-1-4-14-27,28-15-5-2-6-16-28)32-20-9-10-21-33-32;31-25-10-4-3-9-23(25)28-15-16-29(18-28)32-19-12-13-21-20-7-1-2-8-22(20)30(24(21)17-19)26-11-5-6-14-27-26;31-25-14-5-4-13-24(25)28-17-18-29(20-28)32-23-12-8-11-22(19-23)30(21-9-2-1-3-10-21)26-15-6-7-16-27-26;;;;/h1-23,25,37H;1-23,25,36H;1-16,18,31H;1-18,20,31H;;;;/q4*-2;4*+2. The van der Waals surface area contributed by atoms with E-state index in [1.807, 2.05) is 297 Å². The topological polar surface area (TPSA) is 203 Å². The monoisotopic (exact) mass is 2620 g/mol. The second-order valence-electron chi connectivity index (χ2n) is 32.2. The van der Waals surface area contributed by atoms with Crippen LogP contribution in [0.5, 0.6) is 46.0 Å². The molecule has 0 fully saturated rings. The van der Waals surface area contributed by atoms with Crippen LogP contribution in [0.25, 0.3) is 27.6 Å². The third kappa shape index (κ3) is 22.2. The number of benzene rings is 14. The average molecular weight is 2630 g/mol. The van der Waals surface area contributed by atoms with Crippen molar-refractivity contribution in [2.45, 2.75) is 5.41 Å². The largest absolute Gasteiger partial charge is 2.00 e. The average Bonchev–Trinajstić information content (AvgIpc) is 1.51. The number of hydrogen-bond acceptors (Lipinski definition) is 21. The summed E-state index contributed by atoms with van der Waals surface area (Å²) in [5.74, 6) is 4.63. The first-order valence-electron chi connectivity index (χ1n) is 45.1. The molecule has 5 aromatic heterocycles. The summed E-state index contributed by atoms with van der Waals surface area (Å²) in [7, 11) is -2.80. The third-order valence-corrected chi connectivity index (χ3v) is 28.1. The van der Waals surface area contributed by atoms with Crippen molar-refractivity contribution in [1.82, 2.24) is 44.8 Å². The smallest absolute Gasteiger partial charge is 0.506 e. The molecule has 144 heavy (non-hydrogen) atoms. The molecule has 4 N–H and O–H groups in total. The second-order valence-corrected chi connectivity index (χ2v) is 35.9. The predicted molar refractivity (Wildman–Crippen MR) is 549 cm³/mol. The summed E-state index contributed by atoms with van der Waals surface area (Å²) in [6.07, 6.45) is 21.6. The Labute approximate surface area is 893 Å². The molecule has 0 radical (unpaired) electrons. The Hall–Kier alpha value is -16.0. The molecule has 0 spiro atoms. The Morgan fingerprint density at radius 3 is 1.15 bits per heavy atom. The molecule has 4 aliphatic rings. The minimum atomic E-state index is -2.80. The van der Waals surface area contributed by atoms with Gasteiger partial charge in [-0.15, -0.1) is 92.2 Å². The van der Waals surface area contributed by atoms with E-state index >= 15 is 0 Å². The van der Waals surface area contributed by atoms with Crippen LogP contribution in [0.3, 0.4) is 0 Å². The number of aromatic hydroxyl groups is 4. The molecule has 0 bridgehead atoms. The maximum atomic E-state index is 10.2. The predicted octanol–water partition coefficient (Wildman–Crippen LogP) is 21.5. The van der Waals surface area contributed by atoms with Gasteiger partial charge in [-0.2, -0.15) is 41.6 Å². The summed E-state index contributed by atoms with van der Waals surface area (Å²) in [5, 5.41) is 53.7. The summed E-state index contributed by atoms with van der Waals surface area (Å²) in [6.45, 7) is 7.02. The van der Waals surface area contributed by atoms with Crippen molar-refractivity contribution >= 4 is 90.7 Å². The number of nitrogens with zero attached hydrogens (tertiary/aromatic N) is 14.